The minimum Gasteiger partial charge on any atom is -0.377 e. The third-order valence-corrected chi connectivity index (χ3v) is 4.82. The van der Waals surface area contributed by atoms with E-state index in [4.69, 9.17) is 11.6 Å². The lowest BCUT2D eigenvalue weighted by Gasteiger charge is -2.16. The molecule has 1 aliphatic heterocycles. The maximum absolute atomic E-state index is 11.1. The molecule has 1 unspecified atom stereocenters. The Kier molecular flexibility index (Phi) is 4.08. The third kappa shape index (κ3) is 3.17. The van der Waals surface area contributed by atoms with Crippen molar-refractivity contribution in [2.24, 2.45) is 0 Å². The van der Waals surface area contributed by atoms with Gasteiger partial charge in [0, 0.05) is 23.3 Å². The van der Waals surface area contributed by atoms with E-state index in [1.807, 2.05) is 30.0 Å². The number of hydrogen-bond acceptors (Lipinski definition) is 3. The molecule has 3 nitrogen and oxygen atoms in total. The van der Waals surface area contributed by atoms with Crippen LogP contribution in [0.3, 0.4) is 0 Å². The first-order chi connectivity index (χ1) is 10.1. The van der Waals surface area contributed by atoms with Gasteiger partial charge in [-0.15, -0.1) is 11.8 Å². The zero-order valence-electron chi connectivity index (χ0n) is 11.5. The van der Waals surface area contributed by atoms with Gasteiger partial charge in [-0.3, -0.25) is 4.79 Å². The molecule has 2 aromatic carbocycles. The summed E-state index contributed by atoms with van der Waals surface area (Å²) in [4.78, 5) is 12.4. The molecule has 0 bridgehead atoms. The van der Waals surface area contributed by atoms with E-state index in [2.05, 4.69) is 34.9 Å². The molecule has 2 N–H and O–H groups in total. The van der Waals surface area contributed by atoms with Crippen molar-refractivity contribution in [1.29, 1.82) is 0 Å². The molecule has 2 aromatic rings. The number of hydrogen-bond donors (Lipinski definition) is 2. The number of rotatable bonds is 3. The zero-order valence-corrected chi connectivity index (χ0v) is 13.1. The standard InChI is InChI=1S/C16H15ClN2OS/c1-10(20)18-14-7-6-11(8-13(14)17)19-15-9-21-16-5-3-2-4-12(15)16/h2-8,15,19H,9H2,1H3,(H,18,20). The van der Waals surface area contributed by atoms with Gasteiger partial charge in [0.15, 0.2) is 0 Å². The number of halogens is 1. The van der Waals surface area contributed by atoms with E-state index >= 15 is 0 Å². The number of amides is 1. The van der Waals surface area contributed by atoms with Crippen molar-refractivity contribution in [3.63, 3.8) is 0 Å². The minimum absolute atomic E-state index is 0.126. The normalized spacial score (nSPS) is 16.4. The molecule has 1 atom stereocenters. The molecule has 0 fully saturated rings. The van der Waals surface area contributed by atoms with Crippen LogP contribution in [0.15, 0.2) is 47.4 Å². The molecule has 108 valence electrons. The lowest BCUT2D eigenvalue weighted by Crippen LogP contribution is -2.10. The SMILES string of the molecule is CC(=O)Nc1ccc(NC2CSc3ccccc32)cc1Cl. The summed E-state index contributed by atoms with van der Waals surface area (Å²) in [5.41, 5.74) is 2.91. The van der Waals surface area contributed by atoms with Gasteiger partial charge in [0.1, 0.15) is 0 Å². The van der Waals surface area contributed by atoms with Crippen LogP contribution < -0.4 is 10.6 Å². The van der Waals surface area contributed by atoms with E-state index in [1.54, 1.807) is 0 Å². The summed E-state index contributed by atoms with van der Waals surface area (Å²) in [6.07, 6.45) is 0. The number of fused-ring (bicyclic) bond motifs is 1. The van der Waals surface area contributed by atoms with Crippen molar-refractivity contribution in [3.05, 3.63) is 53.1 Å². The fourth-order valence-corrected chi connectivity index (χ4v) is 3.77. The van der Waals surface area contributed by atoms with E-state index < -0.39 is 0 Å². The second-order valence-electron chi connectivity index (χ2n) is 4.92. The van der Waals surface area contributed by atoms with E-state index in [1.165, 1.54) is 17.4 Å². The van der Waals surface area contributed by atoms with Crippen LogP contribution in [-0.2, 0) is 4.79 Å². The van der Waals surface area contributed by atoms with Crippen molar-refractivity contribution < 1.29 is 4.79 Å². The Morgan fingerprint density at radius 2 is 2.10 bits per heavy atom. The van der Waals surface area contributed by atoms with Crippen LogP contribution >= 0.6 is 23.4 Å². The molecule has 3 rings (SSSR count). The number of anilines is 2. The molecular formula is C16H15ClN2OS. The molecule has 0 radical (unpaired) electrons. The number of benzene rings is 2. The van der Waals surface area contributed by atoms with Gasteiger partial charge in [-0.1, -0.05) is 29.8 Å². The molecule has 0 saturated heterocycles. The molecule has 1 aliphatic rings. The van der Waals surface area contributed by atoms with Gasteiger partial charge in [0.05, 0.1) is 16.8 Å². The Hall–Kier alpha value is -1.65. The Labute approximate surface area is 133 Å². The lowest BCUT2D eigenvalue weighted by molar-refractivity contribution is -0.114. The van der Waals surface area contributed by atoms with Gasteiger partial charge in [0.2, 0.25) is 5.91 Å². The summed E-state index contributed by atoms with van der Waals surface area (Å²) >= 11 is 8.06. The van der Waals surface area contributed by atoms with E-state index in [0.29, 0.717) is 10.7 Å². The van der Waals surface area contributed by atoms with Crippen molar-refractivity contribution in [1.82, 2.24) is 0 Å². The highest BCUT2D eigenvalue weighted by atomic mass is 35.5. The summed E-state index contributed by atoms with van der Waals surface area (Å²) < 4.78 is 0. The van der Waals surface area contributed by atoms with Crippen LogP contribution in [0.25, 0.3) is 0 Å². The molecule has 0 aromatic heterocycles. The van der Waals surface area contributed by atoms with Crippen LogP contribution in [-0.4, -0.2) is 11.7 Å². The largest absolute Gasteiger partial charge is 0.377 e. The van der Waals surface area contributed by atoms with Crippen molar-refractivity contribution in [2.45, 2.75) is 17.9 Å². The summed E-state index contributed by atoms with van der Waals surface area (Å²) in [7, 11) is 0. The summed E-state index contributed by atoms with van der Waals surface area (Å²) in [6.45, 7) is 1.47. The van der Waals surface area contributed by atoms with Crippen LogP contribution in [0.2, 0.25) is 5.02 Å². The quantitative estimate of drug-likeness (QED) is 0.871. The fraction of sp³-hybridized carbons (Fsp3) is 0.188. The van der Waals surface area contributed by atoms with Crippen molar-refractivity contribution in [2.75, 3.05) is 16.4 Å². The molecular weight excluding hydrogens is 304 g/mol. The zero-order chi connectivity index (χ0) is 14.8. The first kappa shape index (κ1) is 14.3. The van der Waals surface area contributed by atoms with Gasteiger partial charge < -0.3 is 10.6 Å². The summed E-state index contributed by atoms with van der Waals surface area (Å²) in [5.74, 6) is 0.878. The topological polar surface area (TPSA) is 41.1 Å². The maximum atomic E-state index is 11.1. The minimum atomic E-state index is -0.126. The van der Waals surface area contributed by atoms with Gasteiger partial charge in [-0.25, -0.2) is 0 Å². The molecule has 1 heterocycles. The summed E-state index contributed by atoms with van der Waals surface area (Å²) in [5, 5.41) is 6.74. The van der Waals surface area contributed by atoms with Crippen LogP contribution in [0.1, 0.15) is 18.5 Å². The van der Waals surface area contributed by atoms with E-state index in [-0.39, 0.29) is 11.9 Å². The van der Waals surface area contributed by atoms with Crippen LogP contribution in [0.5, 0.6) is 0 Å². The predicted molar refractivity (Wildman–Crippen MR) is 89.3 cm³/mol. The highest BCUT2D eigenvalue weighted by Crippen LogP contribution is 2.40. The monoisotopic (exact) mass is 318 g/mol. The predicted octanol–water partition coefficient (Wildman–Crippen LogP) is 4.56. The maximum Gasteiger partial charge on any atom is 0.221 e. The third-order valence-electron chi connectivity index (χ3n) is 3.32. The number of thioether (sulfide) groups is 1. The molecule has 0 spiro atoms. The second-order valence-corrected chi connectivity index (χ2v) is 6.39. The molecule has 1 amide bonds. The average molecular weight is 319 g/mol. The van der Waals surface area contributed by atoms with Crippen LogP contribution in [0.4, 0.5) is 11.4 Å². The van der Waals surface area contributed by atoms with Crippen molar-refractivity contribution >= 4 is 40.6 Å². The van der Waals surface area contributed by atoms with Crippen molar-refractivity contribution in [3.8, 4) is 0 Å². The Balaban J connectivity index is 1.77. The Morgan fingerprint density at radius 3 is 2.86 bits per heavy atom. The first-order valence-corrected chi connectivity index (χ1v) is 8.05. The van der Waals surface area contributed by atoms with Gasteiger partial charge in [0.25, 0.3) is 0 Å². The van der Waals surface area contributed by atoms with E-state index in [0.717, 1.165) is 11.4 Å². The number of nitrogens with one attached hydrogen (secondary N) is 2. The first-order valence-electron chi connectivity index (χ1n) is 6.69. The Bertz CT molecular complexity index is 690. The number of carbonyl (C=O) groups is 1. The highest BCUT2D eigenvalue weighted by Gasteiger charge is 2.22. The fourth-order valence-electron chi connectivity index (χ4n) is 2.38. The van der Waals surface area contributed by atoms with Gasteiger partial charge >= 0.3 is 0 Å². The average Bonchev–Trinajstić information content (AvgIpc) is 2.85. The van der Waals surface area contributed by atoms with E-state index in [9.17, 15) is 4.79 Å². The van der Waals surface area contributed by atoms with Gasteiger partial charge in [-0.05, 0) is 29.8 Å². The molecule has 0 aliphatic carbocycles. The smallest absolute Gasteiger partial charge is 0.221 e. The van der Waals surface area contributed by atoms with Crippen LogP contribution in [0, 0.1) is 0 Å². The number of carbonyl (C=O) groups excluding carboxylic acids is 1. The molecule has 0 saturated carbocycles. The summed E-state index contributed by atoms with van der Waals surface area (Å²) in [6, 6.07) is 14.3. The molecule has 5 heteroatoms. The highest BCUT2D eigenvalue weighted by molar-refractivity contribution is 7.99. The van der Waals surface area contributed by atoms with Gasteiger partial charge in [-0.2, -0.15) is 0 Å². The second kappa shape index (κ2) is 6.00. The molecule has 21 heavy (non-hydrogen) atoms. The Morgan fingerprint density at radius 1 is 1.29 bits per heavy atom. The lowest BCUT2D eigenvalue weighted by atomic mass is 10.1.